The molecule has 2 bridgehead atoms. The molecule has 7 nitrogen and oxygen atoms in total. The van der Waals surface area contributed by atoms with Gasteiger partial charge in [-0.25, -0.2) is 19.9 Å². The van der Waals surface area contributed by atoms with Gasteiger partial charge in [0.1, 0.15) is 5.69 Å². The van der Waals surface area contributed by atoms with Gasteiger partial charge >= 0.3 is 0 Å². The van der Waals surface area contributed by atoms with Crippen molar-refractivity contribution in [3.05, 3.63) is 60.8 Å². The molecule has 3 aromatic heterocycles. The largest absolute Gasteiger partial charge is 0.339 e. The van der Waals surface area contributed by atoms with Gasteiger partial charge in [0.15, 0.2) is 5.82 Å². The molecule has 0 saturated carbocycles. The molecule has 0 aromatic carbocycles. The molecule has 3 aromatic rings. The van der Waals surface area contributed by atoms with Crippen LogP contribution in [0.2, 0.25) is 0 Å². The number of anilines is 1. The van der Waals surface area contributed by atoms with Crippen molar-refractivity contribution in [3.8, 4) is 11.5 Å². The van der Waals surface area contributed by atoms with Crippen molar-refractivity contribution >= 4 is 5.95 Å². The Kier molecular flexibility index (Phi) is 4.66. The maximum Gasteiger partial charge on any atom is 0.225 e. The van der Waals surface area contributed by atoms with E-state index in [9.17, 15) is 0 Å². The summed E-state index contributed by atoms with van der Waals surface area (Å²) in [5, 5.41) is 0. The zero-order chi connectivity index (χ0) is 18.8. The normalized spacial score (nSPS) is 22.2. The molecule has 3 aliphatic rings. The molecule has 142 valence electrons. The van der Waals surface area contributed by atoms with E-state index in [0.29, 0.717) is 17.8 Å². The number of rotatable bonds is 4. The van der Waals surface area contributed by atoms with Crippen LogP contribution < -0.4 is 4.90 Å². The molecule has 7 heteroatoms. The van der Waals surface area contributed by atoms with E-state index < -0.39 is 0 Å². The number of aromatic nitrogens is 5. The first-order valence-corrected chi connectivity index (χ1v) is 9.83. The molecule has 0 radical (unpaired) electrons. The van der Waals surface area contributed by atoms with Crippen LogP contribution in [0.5, 0.6) is 0 Å². The molecule has 3 fully saturated rings. The number of fused-ring (bicyclic) bond motifs is 4. The molecule has 6 heterocycles. The number of hydrogen-bond donors (Lipinski definition) is 0. The van der Waals surface area contributed by atoms with Crippen molar-refractivity contribution in [2.75, 3.05) is 24.5 Å². The Bertz CT molecular complexity index is 901. The van der Waals surface area contributed by atoms with Crippen LogP contribution in [-0.2, 0) is 6.54 Å². The van der Waals surface area contributed by atoms with Gasteiger partial charge in [0.05, 0.1) is 0 Å². The second kappa shape index (κ2) is 7.59. The van der Waals surface area contributed by atoms with Crippen molar-refractivity contribution in [3.63, 3.8) is 0 Å². The van der Waals surface area contributed by atoms with Crippen LogP contribution in [0.3, 0.4) is 0 Å². The first kappa shape index (κ1) is 17.2. The summed E-state index contributed by atoms with van der Waals surface area (Å²) in [5.74, 6) is 2.18. The summed E-state index contributed by atoms with van der Waals surface area (Å²) in [4.78, 5) is 27.2. The molecule has 0 unspecified atom stereocenters. The molecule has 28 heavy (non-hydrogen) atoms. The lowest BCUT2D eigenvalue weighted by Gasteiger charge is -2.35. The van der Waals surface area contributed by atoms with Crippen LogP contribution in [0.4, 0.5) is 5.95 Å². The first-order chi connectivity index (χ1) is 13.8. The lowest BCUT2D eigenvalue weighted by atomic mass is 9.95. The van der Waals surface area contributed by atoms with E-state index in [1.165, 1.54) is 12.8 Å². The quantitative estimate of drug-likeness (QED) is 0.695. The van der Waals surface area contributed by atoms with Crippen molar-refractivity contribution in [2.24, 2.45) is 5.92 Å². The van der Waals surface area contributed by atoms with E-state index in [4.69, 9.17) is 0 Å². The predicted molar refractivity (Wildman–Crippen MR) is 106 cm³/mol. The number of pyridine rings is 1. The van der Waals surface area contributed by atoms with E-state index in [0.717, 1.165) is 43.4 Å². The number of piperidine rings is 1. The fourth-order valence-electron chi connectivity index (χ4n) is 4.29. The van der Waals surface area contributed by atoms with Gasteiger partial charge in [-0.2, -0.15) is 0 Å². The lowest BCUT2D eigenvalue weighted by molar-refractivity contribution is 0.126. The van der Waals surface area contributed by atoms with Gasteiger partial charge in [0.2, 0.25) is 5.95 Å². The zero-order valence-corrected chi connectivity index (χ0v) is 15.7. The highest BCUT2D eigenvalue weighted by molar-refractivity contribution is 5.47. The van der Waals surface area contributed by atoms with Crippen molar-refractivity contribution in [2.45, 2.75) is 25.4 Å². The van der Waals surface area contributed by atoms with Crippen LogP contribution >= 0.6 is 0 Å². The fourth-order valence-corrected chi connectivity index (χ4v) is 4.29. The second-order valence-corrected chi connectivity index (χ2v) is 7.61. The summed E-state index contributed by atoms with van der Waals surface area (Å²) in [5.41, 5.74) is 1.95. The number of nitrogens with zero attached hydrogens (tertiary/aromatic N) is 7. The Labute approximate surface area is 164 Å². The maximum atomic E-state index is 4.53. The highest BCUT2D eigenvalue weighted by atomic mass is 15.3. The summed E-state index contributed by atoms with van der Waals surface area (Å²) in [6.07, 6.45) is 11.8. The van der Waals surface area contributed by atoms with E-state index >= 15 is 0 Å². The summed E-state index contributed by atoms with van der Waals surface area (Å²) in [6, 6.07) is 8.17. The van der Waals surface area contributed by atoms with E-state index in [1.54, 1.807) is 6.20 Å². The summed E-state index contributed by atoms with van der Waals surface area (Å²) < 4.78 is 0. The highest BCUT2D eigenvalue weighted by Gasteiger charge is 2.35. The molecule has 6 rings (SSSR count). The Morgan fingerprint density at radius 1 is 0.821 bits per heavy atom. The highest BCUT2D eigenvalue weighted by Crippen LogP contribution is 2.30. The van der Waals surface area contributed by atoms with Gasteiger partial charge in [-0.3, -0.25) is 9.88 Å². The summed E-state index contributed by atoms with van der Waals surface area (Å²) in [7, 11) is 0. The van der Waals surface area contributed by atoms with Gasteiger partial charge in [-0.05, 0) is 37.0 Å². The van der Waals surface area contributed by atoms with Crippen LogP contribution in [0.15, 0.2) is 55.2 Å². The van der Waals surface area contributed by atoms with Crippen LogP contribution in [0.1, 0.15) is 18.4 Å². The summed E-state index contributed by atoms with van der Waals surface area (Å²) >= 11 is 0. The van der Waals surface area contributed by atoms with Gasteiger partial charge in [-0.1, -0.05) is 6.07 Å². The average Bonchev–Trinajstić information content (AvgIpc) is 3.08. The Balaban J connectivity index is 1.30. The Morgan fingerprint density at radius 2 is 1.64 bits per heavy atom. The van der Waals surface area contributed by atoms with Gasteiger partial charge < -0.3 is 4.90 Å². The Hall–Kier alpha value is -2.93. The van der Waals surface area contributed by atoms with Crippen LogP contribution in [-0.4, -0.2) is 55.5 Å². The predicted octanol–water partition coefficient (Wildman–Crippen LogP) is 2.43. The minimum Gasteiger partial charge on any atom is -0.339 e. The lowest BCUT2D eigenvalue weighted by Crippen LogP contribution is -2.43. The molecular formula is C21H23N7. The smallest absolute Gasteiger partial charge is 0.225 e. The Morgan fingerprint density at radius 3 is 2.43 bits per heavy atom. The molecule has 0 amide bonds. The SMILES string of the molecule is c1ccc(-c2ncc(CN3C[C@H]4CC[C@@H]3CN(c3ncccn3)C4)cn2)nc1. The molecule has 3 aliphatic heterocycles. The maximum absolute atomic E-state index is 4.53. The van der Waals surface area contributed by atoms with Gasteiger partial charge in [0, 0.05) is 68.8 Å². The van der Waals surface area contributed by atoms with Crippen LogP contribution in [0.25, 0.3) is 11.5 Å². The molecule has 0 aliphatic carbocycles. The third-order valence-corrected chi connectivity index (χ3v) is 5.65. The average molecular weight is 373 g/mol. The fraction of sp³-hybridized carbons (Fsp3) is 0.381. The molecule has 2 atom stereocenters. The zero-order valence-electron chi connectivity index (χ0n) is 15.7. The first-order valence-electron chi connectivity index (χ1n) is 9.83. The standard InChI is InChI=1S/C21H23N7/c1-2-7-22-19(4-1)20-25-10-17(11-26-20)14-27-12-16-5-6-18(27)15-28(13-16)21-23-8-3-9-24-21/h1-4,7-11,16,18H,5-6,12-15H2/t16-,18-/m1/s1. The van der Waals surface area contributed by atoms with Gasteiger partial charge in [-0.15, -0.1) is 0 Å². The minimum atomic E-state index is 0.512. The number of hydrogen-bond acceptors (Lipinski definition) is 7. The summed E-state index contributed by atoms with van der Waals surface area (Å²) in [6.45, 7) is 4.00. The van der Waals surface area contributed by atoms with E-state index in [2.05, 4.69) is 34.7 Å². The third kappa shape index (κ3) is 3.57. The van der Waals surface area contributed by atoms with Crippen molar-refractivity contribution < 1.29 is 0 Å². The van der Waals surface area contributed by atoms with Crippen molar-refractivity contribution in [1.29, 1.82) is 0 Å². The molecule has 0 N–H and O–H groups in total. The molecule has 3 saturated heterocycles. The van der Waals surface area contributed by atoms with Gasteiger partial charge in [0.25, 0.3) is 0 Å². The third-order valence-electron chi connectivity index (χ3n) is 5.65. The molecule has 0 spiro atoms. The second-order valence-electron chi connectivity index (χ2n) is 7.61. The topological polar surface area (TPSA) is 70.9 Å². The van der Waals surface area contributed by atoms with Crippen molar-refractivity contribution in [1.82, 2.24) is 29.8 Å². The van der Waals surface area contributed by atoms with Crippen LogP contribution in [0, 0.1) is 5.92 Å². The molecular weight excluding hydrogens is 350 g/mol. The monoisotopic (exact) mass is 373 g/mol. The minimum absolute atomic E-state index is 0.512. The van der Waals surface area contributed by atoms with E-state index in [-0.39, 0.29) is 0 Å². The van der Waals surface area contributed by atoms with E-state index in [1.807, 2.05) is 49.1 Å².